The second kappa shape index (κ2) is 5.98. The van der Waals surface area contributed by atoms with Gasteiger partial charge in [-0.2, -0.15) is 4.98 Å². The van der Waals surface area contributed by atoms with Crippen molar-refractivity contribution < 1.29 is 4.52 Å². The zero-order chi connectivity index (χ0) is 14.7. The quantitative estimate of drug-likeness (QED) is 0.885. The zero-order valence-electron chi connectivity index (χ0n) is 12.6. The minimum absolute atomic E-state index is 0.0438. The molecule has 0 saturated heterocycles. The highest BCUT2D eigenvalue weighted by atomic mass is 16.5. The summed E-state index contributed by atoms with van der Waals surface area (Å²) < 4.78 is 5.44. The van der Waals surface area contributed by atoms with Gasteiger partial charge in [0.1, 0.15) is 0 Å². The molecule has 2 N–H and O–H groups in total. The molecule has 1 atom stereocenters. The van der Waals surface area contributed by atoms with Gasteiger partial charge < -0.3 is 10.3 Å². The highest BCUT2D eigenvalue weighted by molar-refractivity contribution is 5.35. The van der Waals surface area contributed by atoms with Crippen LogP contribution < -0.4 is 5.73 Å². The fourth-order valence-electron chi connectivity index (χ4n) is 3.16. The van der Waals surface area contributed by atoms with Crippen molar-refractivity contribution in [2.24, 2.45) is 5.73 Å². The standard InChI is InChI=1S/C17H23N3O/c1-2-7-14(18)12-15-19-16(20-21-15)17(10-6-11-17)13-8-4-3-5-9-13/h3-5,8-9,14H,2,6-7,10-12,18H2,1H3. The Balaban J connectivity index is 1.81. The fourth-order valence-corrected chi connectivity index (χ4v) is 3.16. The lowest BCUT2D eigenvalue weighted by molar-refractivity contribution is 0.270. The van der Waals surface area contributed by atoms with Gasteiger partial charge in [-0.05, 0) is 24.8 Å². The minimum atomic E-state index is -0.0438. The Labute approximate surface area is 125 Å². The van der Waals surface area contributed by atoms with Crippen LogP contribution in [0.2, 0.25) is 0 Å². The summed E-state index contributed by atoms with van der Waals surface area (Å²) in [7, 11) is 0. The van der Waals surface area contributed by atoms with Crippen LogP contribution in [0.5, 0.6) is 0 Å². The highest BCUT2D eigenvalue weighted by Gasteiger charge is 2.44. The predicted molar refractivity (Wildman–Crippen MR) is 82.0 cm³/mol. The molecule has 0 spiro atoms. The van der Waals surface area contributed by atoms with Gasteiger partial charge in [-0.3, -0.25) is 0 Å². The molecule has 112 valence electrons. The molecular formula is C17H23N3O. The van der Waals surface area contributed by atoms with Gasteiger partial charge in [0.15, 0.2) is 5.82 Å². The van der Waals surface area contributed by atoms with E-state index in [1.54, 1.807) is 0 Å². The zero-order valence-corrected chi connectivity index (χ0v) is 12.6. The van der Waals surface area contributed by atoms with E-state index in [0.717, 1.165) is 31.5 Å². The number of benzene rings is 1. The van der Waals surface area contributed by atoms with Crippen molar-refractivity contribution in [1.82, 2.24) is 10.1 Å². The van der Waals surface area contributed by atoms with E-state index in [-0.39, 0.29) is 11.5 Å². The third kappa shape index (κ3) is 2.72. The second-order valence-electron chi connectivity index (χ2n) is 6.07. The van der Waals surface area contributed by atoms with Gasteiger partial charge in [0.05, 0.1) is 5.41 Å². The first-order valence-electron chi connectivity index (χ1n) is 7.89. The maximum absolute atomic E-state index is 6.06. The van der Waals surface area contributed by atoms with Gasteiger partial charge in [0.25, 0.3) is 0 Å². The summed E-state index contributed by atoms with van der Waals surface area (Å²) in [6, 6.07) is 10.6. The van der Waals surface area contributed by atoms with Crippen molar-refractivity contribution in [3.05, 3.63) is 47.6 Å². The van der Waals surface area contributed by atoms with E-state index in [1.165, 1.54) is 12.0 Å². The Kier molecular flexibility index (Phi) is 4.06. The van der Waals surface area contributed by atoms with Crippen molar-refractivity contribution >= 4 is 0 Å². The van der Waals surface area contributed by atoms with Crippen LogP contribution in [0.15, 0.2) is 34.9 Å². The molecule has 1 aliphatic rings. The Morgan fingerprint density at radius 3 is 2.67 bits per heavy atom. The Morgan fingerprint density at radius 2 is 2.05 bits per heavy atom. The molecule has 0 amide bonds. The Morgan fingerprint density at radius 1 is 1.29 bits per heavy atom. The maximum Gasteiger partial charge on any atom is 0.228 e. The van der Waals surface area contributed by atoms with Crippen LogP contribution in [0.3, 0.4) is 0 Å². The largest absolute Gasteiger partial charge is 0.339 e. The number of nitrogens with two attached hydrogens (primary N) is 1. The van der Waals surface area contributed by atoms with Crippen molar-refractivity contribution in [2.75, 3.05) is 0 Å². The Hall–Kier alpha value is -1.68. The molecule has 3 rings (SSSR count). The van der Waals surface area contributed by atoms with Gasteiger partial charge in [-0.1, -0.05) is 55.3 Å². The molecule has 1 aromatic carbocycles. The third-order valence-electron chi connectivity index (χ3n) is 4.53. The van der Waals surface area contributed by atoms with Crippen LogP contribution in [0, 0.1) is 0 Å². The first-order chi connectivity index (χ1) is 10.2. The van der Waals surface area contributed by atoms with Gasteiger partial charge in [-0.15, -0.1) is 0 Å². The van der Waals surface area contributed by atoms with E-state index in [1.807, 2.05) is 6.07 Å². The van der Waals surface area contributed by atoms with E-state index in [9.17, 15) is 0 Å². The summed E-state index contributed by atoms with van der Waals surface area (Å²) in [5, 5.41) is 4.26. The summed E-state index contributed by atoms with van der Waals surface area (Å²) in [6.07, 6.45) is 6.14. The van der Waals surface area contributed by atoms with Crippen LogP contribution >= 0.6 is 0 Å². The van der Waals surface area contributed by atoms with Crippen LogP contribution in [0.4, 0.5) is 0 Å². The van der Waals surface area contributed by atoms with Crippen molar-refractivity contribution in [3.63, 3.8) is 0 Å². The molecule has 2 aromatic rings. The molecule has 1 saturated carbocycles. The molecule has 1 unspecified atom stereocenters. The summed E-state index contributed by atoms with van der Waals surface area (Å²) in [4.78, 5) is 4.65. The normalized spacial score (nSPS) is 18.2. The SMILES string of the molecule is CCCC(N)Cc1nc(C2(c3ccccc3)CCC2)no1. The molecule has 0 aliphatic heterocycles. The van der Waals surface area contributed by atoms with Crippen LogP contribution in [0.1, 0.15) is 56.3 Å². The van der Waals surface area contributed by atoms with E-state index >= 15 is 0 Å². The van der Waals surface area contributed by atoms with Gasteiger partial charge in [-0.25, -0.2) is 0 Å². The average molecular weight is 285 g/mol. The highest BCUT2D eigenvalue weighted by Crippen LogP contribution is 2.47. The first-order valence-corrected chi connectivity index (χ1v) is 7.89. The average Bonchev–Trinajstić information content (AvgIpc) is 2.87. The van der Waals surface area contributed by atoms with Gasteiger partial charge in [0.2, 0.25) is 5.89 Å². The monoisotopic (exact) mass is 285 g/mol. The lowest BCUT2D eigenvalue weighted by atomic mass is 9.64. The van der Waals surface area contributed by atoms with Gasteiger partial charge in [0, 0.05) is 12.5 Å². The molecular weight excluding hydrogens is 262 g/mol. The van der Waals surface area contributed by atoms with Crippen LogP contribution in [-0.2, 0) is 11.8 Å². The number of hydrogen-bond donors (Lipinski definition) is 1. The number of hydrogen-bond acceptors (Lipinski definition) is 4. The summed E-state index contributed by atoms with van der Waals surface area (Å²) in [5.41, 5.74) is 7.31. The molecule has 4 heteroatoms. The van der Waals surface area contributed by atoms with E-state index < -0.39 is 0 Å². The minimum Gasteiger partial charge on any atom is -0.339 e. The first kappa shape index (κ1) is 14.3. The van der Waals surface area contributed by atoms with E-state index in [0.29, 0.717) is 12.3 Å². The topological polar surface area (TPSA) is 64.9 Å². The van der Waals surface area contributed by atoms with Crippen LogP contribution in [0.25, 0.3) is 0 Å². The van der Waals surface area contributed by atoms with Crippen LogP contribution in [-0.4, -0.2) is 16.2 Å². The molecule has 0 bridgehead atoms. The molecule has 0 radical (unpaired) electrons. The maximum atomic E-state index is 6.06. The Bertz CT molecular complexity index is 575. The molecule has 1 aromatic heterocycles. The third-order valence-corrected chi connectivity index (χ3v) is 4.53. The summed E-state index contributed by atoms with van der Waals surface area (Å²) >= 11 is 0. The smallest absolute Gasteiger partial charge is 0.228 e. The summed E-state index contributed by atoms with van der Waals surface area (Å²) in [6.45, 7) is 2.14. The number of aromatic nitrogens is 2. The van der Waals surface area contributed by atoms with E-state index in [4.69, 9.17) is 10.3 Å². The molecule has 21 heavy (non-hydrogen) atoms. The predicted octanol–water partition coefficient (Wildman–Crippen LogP) is 3.21. The van der Waals surface area contributed by atoms with Crippen molar-refractivity contribution in [3.8, 4) is 0 Å². The van der Waals surface area contributed by atoms with Crippen molar-refractivity contribution in [2.45, 2.75) is 56.9 Å². The summed E-state index contributed by atoms with van der Waals surface area (Å²) in [5.74, 6) is 1.51. The molecule has 1 aliphatic carbocycles. The lowest BCUT2D eigenvalue weighted by Crippen LogP contribution is -2.36. The van der Waals surface area contributed by atoms with Crippen molar-refractivity contribution in [1.29, 1.82) is 0 Å². The fraction of sp³-hybridized carbons (Fsp3) is 0.529. The molecule has 4 nitrogen and oxygen atoms in total. The van der Waals surface area contributed by atoms with Gasteiger partial charge >= 0.3 is 0 Å². The number of rotatable bonds is 6. The molecule has 1 heterocycles. The lowest BCUT2D eigenvalue weighted by Gasteiger charge is -2.39. The number of nitrogens with zero attached hydrogens (tertiary/aromatic N) is 2. The van der Waals surface area contributed by atoms with E-state index in [2.05, 4.69) is 41.3 Å². The second-order valence-corrected chi connectivity index (χ2v) is 6.07. The molecule has 1 fully saturated rings.